The van der Waals surface area contributed by atoms with Gasteiger partial charge in [0.15, 0.2) is 0 Å². The molecule has 58 valence electrons. The minimum atomic E-state index is 0.286. The van der Waals surface area contributed by atoms with Gasteiger partial charge in [-0.2, -0.15) is 0 Å². The summed E-state index contributed by atoms with van der Waals surface area (Å²) in [5.41, 5.74) is 8.48. The molecule has 0 heterocycles. The summed E-state index contributed by atoms with van der Waals surface area (Å²) in [4.78, 5) is 0. The highest BCUT2D eigenvalue weighted by molar-refractivity contribution is 4.81. The van der Waals surface area contributed by atoms with Crippen LogP contribution >= 0.6 is 0 Å². The molecule has 0 unspecified atom stereocenters. The summed E-state index contributed by atoms with van der Waals surface area (Å²) in [5, 5.41) is 0. The lowest BCUT2D eigenvalue weighted by Crippen LogP contribution is -2.20. The van der Waals surface area contributed by atoms with E-state index >= 15 is 0 Å². The van der Waals surface area contributed by atoms with Gasteiger partial charge in [0, 0.05) is 6.04 Å². The maximum atomic E-state index is 5.76. The van der Waals surface area contributed by atoms with Crippen molar-refractivity contribution in [3.63, 3.8) is 0 Å². The number of hydrogen-bond acceptors (Lipinski definition) is 1. The fourth-order valence-corrected chi connectivity index (χ4v) is 0.936. The first kappa shape index (κ1) is 9.48. The van der Waals surface area contributed by atoms with Gasteiger partial charge in [-0.15, -0.1) is 5.73 Å². The zero-order valence-corrected chi connectivity index (χ0v) is 6.93. The van der Waals surface area contributed by atoms with Crippen LogP contribution in [-0.2, 0) is 0 Å². The first-order chi connectivity index (χ1) is 4.66. The van der Waals surface area contributed by atoms with Crippen LogP contribution in [0.25, 0.3) is 0 Å². The Morgan fingerprint density at radius 1 is 1.60 bits per heavy atom. The predicted molar refractivity (Wildman–Crippen MR) is 45.8 cm³/mol. The molecule has 0 aliphatic carbocycles. The average molecular weight is 139 g/mol. The van der Waals surface area contributed by atoms with E-state index < -0.39 is 0 Å². The van der Waals surface area contributed by atoms with Crippen molar-refractivity contribution in [2.75, 3.05) is 0 Å². The lowest BCUT2D eigenvalue weighted by atomic mass is 10.0. The lowest BCUT2D eigenvalue weighted by Gasteiger charge is -2.10. The van der Waals surface area contributed by atoms with Gasteiger partial charge in [-0.1, -0.05) is 20.4 Å². The summed E-state index contributed by atoms with van der Waals surface area (Å²) >= 11 is 0. The van der Waals surface area contributed by atoms with Crippen LogP contribution in [0.3, 0.4) is 0 Å². The molecule has 0 saturated heterocycles. The zero-order chi connectivity index (χ0) is 7.98. The minimum absolute atomic E-state index is 0.286. The molecule has 0 rings (SSSR count). The van der Waals surface area contributed by atoms with Gasteiger partial charge in [0.25, 0.3) is 0 Å². The summed E-state index contributed by atoms with van der Waals surface area (Å²) in [7, 11) is 0. The van der Waals surface area contributed by atoms with Crippen molar-refractivity contribution in [1.82, 2.24) is 0 Å². The molecule has 0 aromatic heterocycles. The fraction of sp³-hybridized carbons (Fsp3) is 0.667. The van der Waals surface area contributed by atoms with E-state index in [1.807, 2.05) is 6.08 Å². The highest BCUT2D eigenvalue weighted by atomic mass is 14.6. The first-order valence-electron chi connectivity index (χ1n) is 3.76. The quantitative estimate of drug-likeness (QED) is 0.593. The van der Waals surface area contributed by atoms with E-state index in [0.717, 1.165) is 12.8 Å². The number of rotatable bonds is 4. The first-order valence-corrected chi connectivity index (χ1v) is 3.76. The monoisotopic (exact) mass is 139 g/mol. The van der Waals surface area contributed by atoms with E-state index in [1.54, 1.807) is 0 Å². The predicted octanol–water partition coefficient (Wildman–Crippen LogP) is 2.09. The largest absolute Gasteiger partial charge is 0.327 e. The molecule has 0 bridgehead atoms. The SMILES string of the molecule is C=C=CC[C@@H](N)CC(C)C. The molecular formula is C9H17N. The normalized spacial score (nSPS) is 12.8. The van der Waals surface area contributed by atoms with Gasteiger partial charge in [0.05, 0.1) is 0 Å². The Morgan fingerprint density at radius 2 is 2.20 bits per heavy atom. The average Bonchev–Trinajstić information content (AvgIpc) is 1.82. The standard InChI is InChI=1S/C9H17N/c1-4-5-6-9(10)7-8(2)3/h5,8-9H,1,6-7,10H2,2-3H3/t9-/m1/s1. The van der Waals surface area contributed by atoms with Gasteiger partial charge in [-0.25, -0.2) is 0 Å². The van der Waals surface area contributed by atoms with Crippen molar-refractivity contribution >= 4 is 0 Å². The van der Waals surface area contributed by atoms with Crippen molar-refractivity contribution in [1.29, 1.82) is 0 Å². The third kappa shape index (κ3) is 5.61. The Hall–Kier alpha value is -0.520. The third-order valence-corrected chi connectivity index (χ3v) is 1.34. The van der Waals surface area contributed by atoms with Crippen LogP contribution in [0.15, 0.2) is 18.4 Å². The second-order valence-electron chi connectivity index (χ2n) is 3.03. The Balaban J connectivity index is 3.42. The fourth-order valence-electron chi connectivity index (χ4n) is 0.936. The molecular weight excluding hydrogens is 122 g/mol. The van der Waals surface area contributed by atoms with Crippen LogP contribution in [0.1, 0.15) is 26.7 Å². The van der Waals surface area contributed by atoms with Crippen LogP contribution in [0.2, 0.25) is 0 Å². The minimum Gasteiger partial charge on any atom is -0.327 e. The van der Waals surface area contributed by atoms with E-state index in [2.05, 4.69) is 26.2 Å². The molecule has 1 heteroatoms. The van der Waals surface area contributed by atoms with Crippen molar-refractivity contribution in [3.8, 4) is 0 Å². The van der Waals surface area contributed by atoms with E-state index in [1.165, 1.54) is 0 Å². The van der Waals surface area contributed by atoms with Crippen molar-refractivity contribution in [2.24, 2.45) is 11.7 Å². The summed E-state index contributed by atoms with van der Waals surface area (Å²) in [6, 6.07) is 0.286. The molecule has 0 aliphatic heterocycles. The van der Waals surface area contributed by atoms with Crippen LogP contribution in [0.5, 0.6) is 0 Å². The highest BCUT2D eigenvalue weighted by Crippen LogP contribution is 2.05. The van der Waals surface area contributed by atoms with Crippen LogP contribution < -0.4 is 5.73 Å². The maximum absolute atomic E-state index is 5.76. The molecule has 0 amide bonds. The third-order valence-electron chi connectivity index (χ3n) is 1.34. The topological polar surface area (TPSA) is 26.0 Å². The molecule has 0 saturated carbocycles. The summed E-state index contributed by atoms with van der Waals surface area (Å²) < 4.78 is 0. The van der Waals surface area contributed by atoms with Gasteiger partial charge in [0.1, 0.15) is 0 Å². The molecule has 0 fully saturated rings. The van der Waals surface area contributed by atoms with Gasteiger partial charge in [-0.05, 0) is 24.8 Å². The molecule has 1 atom stereocenters. The van der Waals surface area contributed by atoms with Gasteiger partial charge >= 0.3 is 0 Å². The second kappa shape index (κ2) is 5.28. The van der Waals surface area contributed by atoms with Crippen molar-refractivity contribution in [3.05, 3.63) is 18.4 Å². The summed E-state index contributed by atoms with van der Waals surface area (Å²) in [5.74, 6) is 0.688. The summed E-state index contributed by atoms with van der Waals surface area (Å²) in [6.45, 7) is 7.83. The van der Waals surface area contributed by atoms with Gasteiger partial charge in [-0.3, -0.25) is 0 Å². The molecule has 10 heavy (non-hydrogen) atoms. The maximum Gasteiger partial charge on any atom is 0.00819 e. The molecule has 0 radical (unpaired) electrons. The summed E-state index contributed by atoms with van der Waals surface area (Å²) in [6.07, 6.45) is 3.88. The highest BCUT2D eigenvalue weighted by Gasteiger charge is 2.01. The van der Waals surface area contributed by atoms with E-state index in [9.17, 15) is 0 Å². The molecule has 0 aliphatic rings. The number of hydrogen-bond donors (Lipinski definition) is 1. The van der Waals surface area contributed by atoms with Crippen LogP contribution in [0, 0.1) is 5.92 Å². The molecule has 2 N–H and O–H groups in total. The Morgan fingerprint density at radius 3 is 2.60 bits per heavy atom. The molecule has 0 spiro atoms. The van der Waals surface area contributed by atoms with Gasteiger partial charge in [0.2, 0.25) is 0 Å². The Kier molecular flexibility index (Phi) is 5.00. The van der Waals surface area contributed by atoms with Crippen molar-refractivity contribution < 1.29 is 0 Å². The van der Waals surface area contributed by atoms with Crippen molar-refractivity contribution in [2.45, 2.75) is 32.7 Å². The van der Waals surface area contributed by atoms with E-state index in [0.29, 0.717) is 5.92 Å². The number of nitrogens with two attached hydrogens (primary N) is 1. The Bertz CT molecular complexity index is 121. The zero-order valence-electron chi connectivity index (χ0n) is 6.93. The molecule has 0 aromatic carbocycles. The smallest absolute Gasteiger partial charge is 0.00819 e. The second-order valence-corrected chi connectivity index (χ2v) is 3.03. The van der Waals surface area contributed by atoms with E-state index in [4.69, 9.17) is 5.73 Å². The van der Waals surface area contributed by atoms with E-state index in [-0.39, 0.29) is 6.04 Å². The van der Waals surface area contributed by atoms with Gasteiger partial charge < -0.3 is 5.73 Å². The molecule has 0 aromatic rings. The lowest BCUT2D eigenvalue weighted by molar-refractivity contribution is 0.498. The van der Waals surface area contributed by atoms with Crippen LogP contribution in [0.4, 0.5) is 0 Å². The molecule has 1 nitrogen and oxygen atoms in total. The van der Waals surface area contributed by atoms with Crippen LogP contribution in [-0.4, -0.2) is 6.04 Å². The Labute approximate surface area is 63.6 Å².